The van der Waals surface area contributed by atoms with Crippen LogP contribution >= 0.6 is 11.3 Å². The third kappa shape index (κ3) is 2.57. The molecule has 0 amide bonds. The van der Waals surface area contributed by atoms with Gasteiger partial charge in [0.25, 0.3) is 10.0 Å². The minimum Gasteiger partial charge on any atom is -0.374 e. The Bertz CT molecular complexity index is 590. The van der Waals surface area contributed by atoms with Gasteiger partial charge in [0.05, 0.1) is 6.04 Å². The Morgan fingerprint density at radius 3 is 2.82 bits per heavy atom. The van der Waals surface area contributed by atoms with Crippen LogP contribution in [-0.4, -0.2) is 33.8 Å². The third-order valence-corrected chi connectivity index (χ3v) is 4.49. The Morgan fingerprint density at radius 1 is 1.53 bits per heavy atom. The lowest BCUT2D eigenvalue weighted by atomic mass is 10.3. The smallest absolute Gasteiger partial charge is 0.270 e. The van der Waals surface area contributed by atoms with E-state index in [2.05, 4.69) is 30.1 Å². The van der Waals surface area contributed by atoms with Gasteiger partial charge in [0.1, 0.15) is 12.2 Å². The number of hydrogen-bond donors (Lipinski definition) is 3. The van der Waals surface area contributed by atoms with Crippen molar-refractivity contribution in [1.82, 2.24) is 30.1 Å². The minimum absolute atomic E-state index is 0.0951. The molecule has 4 N–H and O–H groups in total. The van der Waals surface area contributed by atoms with Crippen LogP contribution in [0.25, 0.3) is 0 Å². The lowest BCUT2D eigenvalue weighted by molar-refractivity contribution is 0.558. The molecule has 9 nitrogen and oxygen atoms in total. The van der Waals surface area contributed by atoms with E-state index in [0.717, 1.165) is 11.3 Å². The van der Waals surface area contributed by atoms with E-state index in [-0.39, 0.29) is 9.47 Å². The molecule has 0 saturated carbocycles. The Labute approximate surface area is 101 Å². The normalized spacial score (nSPS) is 13.7. The van der Waals surface area contributed by atoms with E-state index in [1.165, 1.54) is 6.33 Å². The summed E-state index contributed by atoms with van der Waals surface area (Å²) >= 11 is 0.793. The highest BCUT2D eigenvalue weighted by Gasteiger charge is 2.23. The molecule has 92 valence electrons. The van der Waals surface area contributed by atoms with Gasteiger partial charge in [-0.25, -0.2) is 13.4 Å². The van der Waals surface area contributed by atoms with E-state index in [1.807, 2.05) is 0 Å². The number of aromatic amines is 1. The number of anilines is 1. The summed E-state index contributed by atoms with van der Waals surface area (Å²) in [4.78, 5) is 3.85. The van der Waals surface area contributed by atoms with Crippen LogP contribution in [0.2, 0.25) is 0 Å². The summed E-state index contributed by atoms with van der Waals surface area (Å²) in [6.07, 6.45) is 1.29. The predicted octanol–water partition coefficient (Wildman–Crippen LogP) is -0.722. The van der Waals surface area contributed by atoms with Gasteiger partial charge in [-0.1, -0.05) is 11.3 Å². The van der Waals surface area contributed by atoms with Crippen molar-refractivity contribution in [3.05, 3.63) is 12.2 Å². The molecular weight excluding hydrogens is 266 g/mol. The molecule has 0 bridgehead atoms. The molecule has 2 rings (SSSR count). The fraction of sp³-hybridized carbons (Fsp3) is 0.333. The first-order valence-electron chi connectivity index (χ1n) is 4.45. The van der Waals surface area contributed by atoms with Gasteiger partial charge in [-0.05, 0) is 6.92 Å². The quantitative estimate of drug-likeness (QED) is 0.668. The molecule has 11 heteroatoms. The van der Waals surface area contributed by atoms with E-state index < -0.39 is 16.1 Å². The van der Waals surface area contributed by atoms with Crippen molar-refractivity contribution in [2.75, 3.05) is 5.73 Å². The van der Waals surface area contributed by atoms with E-state index in [4.69, 9.17) is 5.73 Å². The molecule has 2 aromatic heterocycles. The summed E-state index contributed by atoms with van der Waals surface area (Å²) in [6.45, 7) is 1.63. The Kier molecular flexibility index (Phi) is 3.04. The summed E-state index contributed by atoms with van der Waals surface area (Å²) in [5, 5.41) is 13.2. The maximum absolute atomic E-state index is 11.8. The molecule has 0 aliphatic rings. The van der Waals surface area contributed by atoms with Crippen molar-refractivity contribution >= 4 is 26.5 Å². The zero-order valence-electron chi connectivity index (χ0n) is 8.65. The van der Waals surface area contributed by atoms with E-state index >= 15 is 0 Å². The highest BCUT2D eigenvalue weighted by molar-refractivity contribution is 7.91. The highest BCUT2D eigenvalue weighted by atomic mass is 32.2. The van der Waals surface area contributed by atoms with Gasteiger partial charge in [-0.3, -0.25) is 5.10 Å². The number of nitrogens with zero attached hydrogens (tertiary/aromatic N) is 4. The SMILES string of the molecule is CC(NS(=O)(=O)c1nnc(N)s1)c1ncn[nH]1. The molecule has 1 atom stereocenters. The summed E-state index contributed by atoms with van der Waals surface area (Å²) in [5.74, 6) is 0.408. The maximum Gasteiger partial charge on any atom is 0.270 e. The second-order valence-electron chi connectivity index (χ2n) is 3.12. The first-order chi connectivity index (χ1) is 7.99. The van der Waals surface area contributed by atoms with Gasteiger partial charge < -0.3 is 5.73 Å². The fourth-order valence-corrected chi connectivity index (χ4v) is 3.10. The topological polar surface area (TPSA) is 140 Å². The van der Waals surface area contributed by atoms with E-state index in [0.29, 0.717) is 5.82 Å². The van der Waals surface area contributed by atoms with Crippen molar-refractivity contribution in [2.45, 2.75) is 17.3 Å². The molecule has 0 radical (unpaired) electrons. The number of nitrogens with one attached hydrogen (secondary N) is 2. The maximum atomic E-state index is 11.8. The van der Waals surface area contributed by atoms with Crippen molar-refractivity contribution in [1.29, 1.82) is 0 Å². The summed E-state index contributed by atoms with van der Waals surface area (Å²) < 4.78 is 25.9. The number of rotatable bonds is 4. The monoisotopic (exact) mass is 275 g/mol. The molecule has 0 aliphatic carbocycles. The van der Waals surface area contributed by atoms with Crippen LogP contribution in [-0.2, 0) is 10.0 Å². The average molecular weight is 275 g/mol. The van der Waals surface area contributed by atoms with E-state index in [1.54, 1.807) is 6.92 Å². The standard InChI is InChI=1S/C6H9N7O2S2/c1-3(4-8-2-9-10-4)13-17(14,15)6-12-11-5(7)16-6/h2-3,13H,1H3,(H2,7,11)(H,8,9,10). The van der Waals surface area contributed by atoms with Crippen LogP contribution in [0.3, 0.4) is 0 Å². The summed E-state index contributed by atoms with van der Waals surface area (Å²) in [5.41, 5.74) is 5.32. The largest absolute Gasteiger partial charge is 0.374 e. The number of H-pyrrole nitrogens is 1. The Hall–Kier alpha value is -1.59. The first kappa shape index (κ1) is 11.9. The van der Waals surface area contributed by atoms with Crippen LogP contribution in [0.5, 0.6) is 0 Å². The van der Waals surface area contributed by atoms with Gasteiger partial charge in [0.15, 0.2) is 0 Å². The fourth-order valence-electron chi connectivity index (χ4n) is 1.09. The number of hydrogen-bond acceptors (Lipinski definition) is 8. The lowest BCUT2D eigenvalue weighted by Crippen LogP contribution is -2.27. The minimum atomic E-state index is -3.74. The van der Waals surface area contributed by atoms with Crippen molar-refractivity contribution < 1.29 is 8.42 Å². The van der Waals surface area contributed by atoms with Crippen LogP contribution in [0.15, 0.2) is 10.7 Å². The average Bonchev–Trinajstić information content (AvgIpc) is 2.86. The number of sulfonamides is 1. The Morgan fingerprint density at radius 2 is 2.29 bits per heavy atom. The molecule has 0 saturated heterocycles. The lowest BCUT2D eigenvalue weighted by Gasteiger charge is -2.08. The van der Waals surface area contributed by atoms with Gasteiger partial charge in [-0.15, -0.1) is 10.2 Å². The van der Waals surface area contributed by atoms with Gasteiger partial charge >= 0.3 is 0 Å². The molecule has 0 fully saturated rings. The zero-order valence-corrected chi connectivity index (χ0v) is 10.3. The second-order valence-corrected chi connectivity index (χ2v) is 6.02. The second kappa shape index (κ2) is 4.35. The van der Waals surface area contributed by atoms with Crippen LogP contribution in [0, 0.1) is 0 Å². The van der Waals surface area contributed by atoms with Gasteiger partial charge in [-0.2, -0.15) is 9.82 Å². The number of nitrogen functional groups attached to an aromatic ring is 1. The summed E-state index contributed by atoms with van der Waals surface area (Å²) in [7, 11) is -3.74. The summed E-state index contributed by atoms with van der Waals surface area (Å²) in [6, 6.07) is -0.548. The van der Waals surface area contributed by atoms with E-state index in [9.17, 15) is 8.42 Å². The van der Waals surface area contributed by atoms with Crippen LogP contribution in [0.4, 0.5) is 5.13 Å². The van der Waals surface area contributed by atoms with Crippen molar-refractivity contribution in [3.63, 3.8) is 0 Å². The molecule has 0 aromatic carbocycles. The van der Waals surface area contributed by atoms with Gasteiger partial charge in [0, 0.05) is 0 Å². The molecule has 0 spiro atoms. The molecule has 17 heavy (non-hydrogen) atoms. The van der Waals surface area contributed by atoms with Crippen LogP contribution in [0.1, 0.15) is 18.8 Å². The first-order valence-corrected chi connectivity index (χ1v) is 6.75. The zero-order chi connectivity index (χ0) is 12.5. The van der Waals surface area contributed by atoms with Crippen molar-refractivity contribution in [3.8, 4) is 0 Å². The molecular formula is C6H9N7O2S2. The highest BCUT2D eigenvalue weighted by Crippen LogP contribution is 2.18. The molecule has 0 aliphatic heterocycles. The number of nitrogens with two attached hydrogens (primary N) is 1. The van der Waals surface area contributed by atoms with Gasteiger partial charge in [0.2, 0.25) is 9.47 Å². The molecule has 1 unspecified atom stereocenters. The van der Waals surface area contributed by atoms with Crippen LogP contribution < -0.4 is 10.5 Å². The third-order valence-electron chi connectivity index (χ3n) is 1.83. The van der Waals surface area contributed by atoms with Crippen molar-refractivity contribution in [2.24, 2.45) is 0 Å². The molecule has 2 heterocycles. The Balaban J connectivity index is 2.18. The molecule has 2 aromatic rings. The predicted molar refractivity (Wildman–Crippen MR) is 59.4 cm³/mol. The number of aromatic nitrogens is 5.